The quantitative estimate of drug-likeness (QED) is 0.914. The Labute approximate surface area is 117 Å². The number of carbonyl (C=O) groups is 1. The third-order valence-corrected chi connectivity index (χ3v) is 5.71. The fraction of sp³-hybridized carbons (Fsp3) is 0.462. The first-order valence-electron chi connectivity index (χ1n) is 6.22. The van der Waals surface area contributed by atoms with Gasteiger partial charge in [0.2, 0.25) is 10.0 Å². The summed E-state index contributed by atoms with van der Waals surface area (Å²) in [5.41, 5.74) is 0.473. The third-order valence-electron chi connectivity index (χ3n) is 3.74. The molecule has 0 aromatic heterocycles. The minimum atomic E-state index is -3.75. The molecule has 1 heterocycles. The van der Waals surface area contributed by atoms with E-state index in [4.69, 9.17) is 5.11 Å². The topological polar surface area (TPSA) is 74.7 Å². The van der Waals surface area contributed by atoms with E-state index in [1.54, 1.807) is 13.8 Å². The lowest BCUT2D eigenvalue weighted by atomic mass is 9.89. The van der Waals surface area contributed by atoms with Crippen molar-refractivity contribution in [1.82, 2.24) is 4.31 Å². The molecule has 1 aromatic rings. The summed E-state index contributed by atoms with van der Waals surface area (Å²) in [5.74, 6) is -2.33. The van der Waals surface area contributed by atoms with Crippen molar-refractivity contribution < 1.29 is 22.7 Å². The van der Waals surface area contributed by atoms with Gasteiger partial charge in [-0.05, 0) is 30.5 Å². The van der Waals surface area contributed by atoms with Crippen molar-refractivity contribution in [3.63, 3.8) is 0 Å². The molecule has 1 unspecified atom stereocenters. The maximum absolute atomic E-state index is 13.2. The van der Waals surface area contributed by atoms with Crippen LogP contribution < -0.4 is 0 Å². The van der Waals surface area contributed by atoms with Gasteiger partial charge in [-0.2, -0.15) is 4.31 Å². The first-order chi connectivity index (χ1) is 9.23. The summed E-state index contributed by atoms with van der Waals surface area (Å²) in [5, 5.41) is 8.89. The van der Waals surface area contributed by atoms with Crippen LogP contribution in [-0.2, 0) is 14.8 Å². The molecule has 1 aromatic carbocycles. The Bertz CT molecular complexity index is 638. The van der Waals surface area contributed by atoms with Crippen molar-refractivity contribution in [3.05, 3.63) is 29.6 Å². The SMILES string of the molecule is Cc1ccc(F)cc1S(=O)(=O)N1CC(C(C)C(=O)O)C1. The standard InChI is InChI=1S/C13H16FNO4S/c1-8-3-4-11(14)5-12(8)20(18,19)15-6-10(7-15)9(2)13(16)17/h3-5,9-10H,6-7H2,1-2H3,(H,16,17). The molecular formula is C13H16FNO4S. The Morgan fingerprint density at radius 1 is 1.45 bits per heavy atom. The number of hydrogen-bond donors (Lipinski definition) is 1. The van der Waals surface area contributed by atoms with Gasteiger partial charge in [-0.15, -0.1) is 0 Å². The number of carboxylic acids is 1. The van der Waals surface area contributed by atoms with Crippen molar-refractivity contribution in [2.24, 2.45) is 11.8 Å². The molecule has 1 saturated heterocycles. The van der Waals surface area contributed by atoms with E-state index in [9.17, 15) is 17.6 Å². The molecule has 0 spiro atoms. The minimum Gasteiger partial charge on any atom is -0.481 e. The Kier molecular flexibility index (Phi) is 3.84. The number of benzene rings is 1. The lowest BCUT2D eigenvalue weighted by Gasteiger charge is -2.40. The summed E-state index contributed by atoms with van der Waals surface area (Å²) >= 11 is 0. The van der Waals surface area contributed by atoms with Crippen molar-refractivity contribution in [1.29, 1.82) is 0 Å². The van der Waals surface area contributed by atoms with Gasteiger partial charge in [-0.1, -0.05) is 13.0 Å². The number of carboxylic acid groups (broad SMARTS) is 1. The molecule has 0 radical (unpaired) electrons. The molecule has 0 saturated carbocycles. The second kappa shape index (κ2) is 5.14. The number of hydrogen-bond acceptors (Lipinski definition) is 3. The molecule has 5 nitrogen and oxygen atoms in total. The van der Waals surface area contributed by atoms with Crippen molar-refractivity contribution in [3.8, 4) is 0 Å². The highest BCUT2D eigenvalue weighted by molar-refractivity contribution is 7.89. The summed E-state index contributed by atoms with van der Waals surface area (Å²) in [6.45, 7) is 3.48. The lowest BCUT2D eigenvalue weighted by Crippen LogP contribution is -2.53. The smallest absolute Gasteiger partial charge is 0.306 e. The highest BCUT2D eigenvalue weighted by Gasteiger charge is 2.41. The van der Waals surface area contributed by atoms with Gasteiger partial charge < -0.3 is 5.11 Å². The molecule has 1 atom stereocenters. The van der Waals surface area contributed by atoms with Gasteiger partial charge in [0.15, 0.2) is 0 Å². The molecule has 1 aliphatic rings. The molecule has 1 aliphatic heterocycles. The van der Waals surface area contributed by atoms with Gasteiger partial charge in [0.25, 0.3) is 0 Å². The van der Waals surface area contributed by atoms with Crippen LogP contribution in [0.25, 0.3) is 0 Å². The van der Waals surface area contributed by atoms with E-state index < -0.39 is 27.7 Å². The molecule has 20 heavy (non-hydrogen) atoms. The Morgan fingerprint density at radius 3 is 2.60 bits per heavy atom. The second-order valence-electron chi connectivity index (χ2n) is 5.12. The van der Waals surface area contributed by atoms with Crippen molar-refractivity contribution in [2.45, 2.75) is 18.7 Å². The van der Waals surface area contributed by atoms with Gasteiger partial charge in [-0.3, -0.25) is 4.79 Å². The average molecular weight is 301 g/mol. The summed E-state index contributed by atoms with van der Waals surface area (Å²) in [7, 11) is -3.75. The third kappa shape index (κ3) is 2.55. The highest BCUT2D eigenvalue weighted by Crippen LogP contribution is 2.31. The first-order valence-corrected chi connectivity index (χ1v) is 7.66. The zero-order valence-electron chi connectivity index (χ0n) is 11.2. The Morgan fingerprint density at radius 2 is 2.05 bits per heavy atom. The summed E-state index contributed by atoms with van der Waals surface area (Å²) in [6, 6.07) is 3.62. The van der Waals surface area contributed by atoms with E-state index in [1.807, 2.05) is 0 Å². The highest BCUT2D eigenvalue weighted by atomic mass is 32.2. The fourth-order valence-corrected chi connectivity index (χ4v) is 3.96. The normalized spacial score (nSPS) is 18.6. The summed E-state index contributed by atoms with van der Waals surface area (Å²) in [6.07, 6.45) is 0. The van der Waals surface area contributed by atoms with Crippen LogP contribution in [-0.4, -0.2) is 36.9 Å². The molecule has 0 amide bonds. The zero-order valence-corrected chi connectivity index (χ0v) is 12.0. The predicted molar refractivity (Wildman–Crippen MR) is 70.2 cm³/mol. The van der Waals surface area contributed by atoms with E-state index in [-0.39, 0.29) is 23.9 Å². The van der Waals surface area contributed by atoms with Gasteiger partial charge in [-0.25, -0.2) is 12.8 Å². The van der Waals surface area contributed by atoms with E-state index in [0.29, 0.717) is 5.56 Å². The van der Waals surface area contributed by atoms with Crippen LogP contribution in [0.3, 0.4) is 0 Å². The molecule has 7 heteroatoms. The molecular weight excluding hydrogens is 285 g/mol. The molecule has 0 bridgehead atoms. The second-order valence-corrected chi connectivity index (χ2v) is 7.03. The van der Waals surface area contributed by atoms with Gasteiger partial charge in [0, 0.05) is 13.1 Å². The van der Waals surface area contributed by atoms with Crippen LogP contribution in [0.4, 0.5) is 4.39 Å². The molecule has 0 aliphatic carbocycles. The Balaban J connectivity index is 2.18. The van der Waals surface area contributed by atoms with E-state index in [1.165, 1.54) is 16.4 Å². The number of sulfonamides is 1. The van der Waals surface area contributed by atoms with Crippen LogP contribution in [0.1, 0.15) is 12.5 Å². The van der Waals surface area contributed by atoms with Crippen LogP contribution in [0.15, 0.2) is 23.1 Å². The fourth-order valence-electron chi connectivity index (χ4n) is 2.17. The van der Waals surface area contributed by atoms with Crippen LogP contribution in [0, 0.1) is 24.6 Å². The molecule has 1 N–H and O–H groups in total. The lowest BCUT2D eigenvalue weighted by molar-refractivity contribution is -0.144. The molecule has 110 valence electrons. The first kappa shape index (κ1) is 14.9. The Hall–Kier alpha value is -1.47. The maximum Gasteiger partial charge on any atom is 0.306 e. The number of aliphatic carboxylic acids is 1. The van der Waals surface area contributed by atoms with Crippen molar-refractivity contribution >= 4 is 16.0 Å². The van der Waals surface area contributed by atoms with Gasteiger partial charge in [0.05, 0.1) is 10.8 Å². The van der Waals surface area contributed by atoms with Gasteiger partial charge >= 0.3 is 5.97 Å². The number of rotatable bonds is 4. The largest absolute Gasteiger partial charge is 0.481 e. The number of halogens is 1. The van der Waals surface area contributed by atoms with Crippen LogP contribution in [0.5, 0.6) is 0 Å². The maximum atomic E-state index is 13.2. The zero-order chi connectivity index (χ0) is 15.1. The van der Waals surface area contributed by atoms with E-state index >= 15 is 0 Å². The predicted octanol–water partition coefficient (Wildman–Crippen LogP) is 1.48. The van der Waals surface area contributed by atoms with Crippen LogP contribution in [0.2, 0.25) is 0 Å². The average Bonchev–Trinajstić information content (AvgIpc) is 2.29. The van der Waals surface area contributed by atoms with E-state index in [2.05, 4.69) is 0 Å². The number of aryl methyl sites for hydroxylation is 1. The van der Waals surface area contributed by atoms with Gasteiger partial charge in [0.1, 0.15) is 5.82 Å². The monoisotopic (exact) mass is 301 g/mol. The van der Waals surface area contributed by atoms with Crippen molar-refractivity contribution in [2.75, 3.05) is 13.1 Å². The van der Waals surface area contributed by atoms with E-state index in [0.717, 1.165) is 6.07 Å². The summed E-state index contributed by atoms with van der Waals surface area (Å²) < 4.78 is 39.1. The summed E-state index contributed by atoms with van der Waals surface area (Å²) in [4.78, 5) is 10.8. The minimum absolute atomic E-state index is 0.0565. The van der Waals surface area contributed by atoms with Crippen LogP contribution >= 0.6 is 0 Å². The molecule has 2 rings (SSSR count). The number of nitrogens with zero attached hydrogens (tertiary/aromatic N) is 1. The molecule has 1 fully saturated rings.